The fourth-order valence-electron chi connectivity index (χ4n) is 1.24. The van der Waals surface area contributed by atoms with Crippen LogP contribution in [-0.4, -0.2) is 16.9 Å². The van der Waals surface area contributed by atoms with Gasteiger partial charge in [-0.3, -0.25) is 4.79 Å². The smallest absolute Gasteiger partial charge is 0.328 e. The molecule has 14 heavy (non-hydrogen) atoms. The Morgan fingerprint density at radius 2 is 1.86 bits per heavy atom. The van der Waals surface area contributed by atoms with Crippen molar-refractivity contribution in [3.8, 4) is 0 Å². The lowest BCUT2D eigenvalue weighted by Gasteiger charge is -2.01. The van der Waals surface area contributed by atoms with Crippen molar-refractivity contribution >= 4 is 11.8 Å². The van der Waals surface area contributed by atoms with E-state index in [0.717, 1.165) is 31.8 Å². The Labute approximate surface area is 84.8 Å². The summed E-state index contributed by atoms with van der Waals surface area (Å²) in [5.74, 6) is -1.17. The molecule has 0 bridgehead atoms. The Morgan fingerprint density at radius 1 is 1.21 bits per heavy atom. The van der Waals surface area contributed by atoms with Crippen molar-refractivity contribution in [2.75, 3.05) is 0 Å². The van der Waals surface area contributed by atoms with Crippen LogP contribution in [0.2, 0.25) is 0 Å². The zero-order chi connectivity index (χ0) is 11.0. The molecule has 0 rings (SSSR count). The molecule has 0 aromatic rings. The fraction of sp³-hybridized carbons (Fsp3) is 0.636. The van der Waals surface area contributed by atoms with E-state index in [1.807, 2.05) is 0 Å². The van der Waals surface area contributed by atoms with Crippen LogP contribution in [0.1, 0.15) is 46.0 Å². The average Bonchev–Trinajstić information content (AvgIpc) is 2.09. The van der Waals surface area contributed by atoms with Crippen LogP contribution in [0.15, 0.2) is 11.6 Å². The second-order valence-corrected chi connectivity index (χ2v) is 3.37. The molecule has 0 heterocycles. The highest BCUT2D eigenvalue weighted by molar-refractivity contribution is 5.98. The molecule has 0 amide bonds. The lowest BCUT2D eigenvalue weighted by atomic mass is 10.0. The summed E-state index contributed by atoms with van der Waals surface area (Å²) in [4.78, 5) is 21.4. The molecule has 1 N–H and O–H groups in total. The Kier molecular flexibility index (Phi) is 6.72. The number of ketones is 1. The Hall–Kier alpha value is -1.12. The zero-order valence-corrected chi connectivity index (χ0v) is 8.88. The lowest BCUT2D eigenvalue weighted by molar-refractivity contribution is -0.131. The minimum absolute atomic E-state index is 0.135. The summed E-state index contributed by atoms with van der Waals surface area (Å²) in [7, 11) is 0. The molecule has 0 atom stereocenters. The van der Waals surface area contributed by atoms with Gasteiger partial charge in [0.25, 0.3) is 0 Å². The van der Waals surface area contributed by atoms with Crippen LogP contribution in [0.4, 0.5) is 0 Å². The quantitative estimate of drug-likeness (QED) is 0.505. The molecular formula is C11H18O3. The normalized spacial score (nSPS) is 11.4. The molecule has 0 aliphatic carbocycles. The van der Waals surface area contributed by atoms with E-state index in [-0.39, 0.29) is 5.78 Å². The predicted molar refractivity (Wildman–Crippen MR) is 55.2 cm³/mol. The van der Waals surface area contributed by atoms with E-state index < -0.39 is 5.97 Å². The van der Waals surface area contributed by atoms with Crippen molar-refractivity contribution in [3.05, 3.63) is 11.6 Å². The lowest BCUT2D eigenvalue weighted by Crippen LogP contribution is -2.01. The number of unbranched alkanes of at least 4 members (excludes halogenated alkanes) is 3. The summed E-state index contributed by atoms with van der Waals surface area (Å²) in [5, 5.41) is 8.51. The molecule has 0 aromatic heterocycles. The van der Waals surface area contributed by atoms with E-state index in [1.165, 1.54) is 6.92 Å². The summed E-state index contributed by atoms with van der Waals surface area (Å²) in [6.45, 7) is 3.52. The molecule has 0 radical (unpaired) electrons. The molecule has 0 unspecified atom stereocenters. The topological polar surface area (TPSA) is 54.4 Å². The van der Waals surface area contributed by atoms with Gasteiger partial charge in [-0.15, -0.1) is 0 Å². The zero-order valence-electron chi connectivity index (χ0n) is 8.88. The molecule has 3 nitrogen and oxygen atoms in total. The standard InChI is InChI=1S/C11H18O3/c1-3-4-5-6-7-10(9(2)12)8-11(13)14/h8H,3-7H2,1-2H3,(H,13,14). The highest BCUT2D eigenvalue weighted by atomic mass is 16.4. The Bertz CT molecular complexity index is 229. The van der Waals surface area contributed by atoms with E-state index in [2.05, 4.69) is 6.92 Å². The highest BCUT2D eigenvalue weighted by Gasteiger charge is 2.05. The van der Waals surface area contributed by atoms with Crippen LogP contribution in [-0.2, 0) is 9.59 Å². The first-order chi connectivity index (χ1) is 6.57. The monoisotopic (exact) mass is 198 g/mol. The maximum atomic E-state index is 11.0. The van der Waals surface area contributed by atoms with Gasteiger partial charge in [-0.2, -0.15) is 0 Å². The van der Waals surface area contributed by atoms with Crippen LogP contribution in [0.3, 0.4) is 0 Å². The van der Waals surface area contributed by atoms with Crippen molar-refractivity contribution in [3.63, 3.8) is 0 Å². The highest BCUT2D eigenvalue weighted by Crippen LogP contribution is 2.10. The van der Waals surface area contributed by atoms with Gasteiger partial charge in [0.2, 0.25) is 0 Å². The number of carboxylic acids is 1. The van der Waals surface area contributed by atoms with Crippen molar-refractivity contribution in [1.82, 2.24) is 0 Å². The number of allylic oxidation sites excluding steroid dienone is 1. The third-order valence-corrected chi connectivity index (χ3v) is 2.05. The number of hydrogen-bond donors (Lipinski definition) is 1. The van der Waals surface area contributed by atoms with Gasteiger partial charge in [-0.05, 0) is 19.8 Å². The van der Waals surface area contributed by atoms with E-state index in [0.29, 0.717) is 12.0 Å². The summed E-state index contributed by atoms with van der Waals surface area (Å²) < 4.78 is 0. The second kappa shape index (κ2) is 7.30. The third kappa shape index (κ3) is 6.40. The molecular weight excluding hydrogens is 180 g/mol. The number of rotatable bonds is 7. The molecule has 0 spiro atoms. The van der Waals surface area contributed by atoms with Gasteiger partial charge in [-0.25, -0.2) is 4.79 Å². The number of aliphatic carboxylic acids is 1. The van der Waals surface area contributed by atoms with Crippen LogP contribution in [0.5, 0.6) is 0 Å². The Morgan fingerprint density at radius 3 is 2.29 bits per heavy atom. The first-order valence-electron chi connectivity index (χ1n) is 5.02. The van der Waals surface area contributed by atoms with Gasteiger partial charge in [0.1, 0.15) is 0 Å². The molecule has 0 saturated carbocycles. The molecule has 0 fully saturated rings. The SMILES string of the molecule is CCCCCCC(=CC(=O)O)C(C)=O. The van der Waals surface area contributed by atoms with Gasteiger partial charge in [0.15, 0.2) is 5.78 Å². The number of Topliss-reactive ketones (excluding diaryl/α,β-unsaturated/α-hetero) is 1. The first kappa shape index (κ1) is 12.9. The van der Waals surface area contributed by atoms with Crippen molar-refractivity contribution in [2.24, 2.45) is 0 Å². The third-order valence-electron chi connectivity index (χ3n) is 2.05. The largest absolute Gasteiger partial charge is 0.478 e. The van der Waals surface area contributed by atoms with E-state index in [1.54, 1.807) is 0 Å². The van der Waals surface area contributed by atoms with Crippen LogP contribution >= 0.6 is 0 Å². The van der Waals surface area contributed by atoms with Gasteiger partial charge >= 0.3 is 5.97 Å². The van der Waals surface area contributed by atoms with Gasteiger partial charge < -0.3 is 5.11 Å². The molecule has 0 aliphatic rings. The van der Waals surface area contributed by atoms with Gasteiger partial charge in [-0.1, -0.05) is 26.2 Å². The molecule has 3 heteroatoms. The first-order valence-corrected chi connectivity index (χ1v) is 5.02. The van der Waals surface area contributed by atoms with Gasteiger partial charge in [0, 0.05) is 11.6 Å². The van der Waals surface area contributed by atoms with Crippen LogP contribution < -0.4 is 0 Å². The summed E-state index contributed by atoms with van der Waals surface area (Å²) >= 11 is 0. The Balaban J connectivity index is 3.99. The summed E-state index contributed by atoms with van der Waals surface area (Å²) in [6, 6.07) is 0. The summed E-state index contributed by atoms with van der Waals surface area (Å²) in [6.07, 6.45) is 5.83. The number of carbonyl (C=O) groups excluding carboxylic acids is 1. The summed E-state index contributed by atoms with van der Waals surface area (Å²) in [5.41, 5.74) is 0.425. The fourth-order valence-corrected chi connectivity index (χ4v) is 1.24. The van der Waals surface area contributed by atoms with Crippen molar-refractivity contribution < 1.29 is 14.7 Å². The number of hydrogen-bond acceptors (Lipinski definition) is 2. The molecule has 80 valence electrons. The maximum Gasteiger partial charge on any atom is 0.328 e. The predicted octanol–water partition coefficient (Wildman–Crippen LogP) is 2.56. The van der Waals surface area contributed by atoms with Crippen molar-refractivity contribution in [1.29, 1.82) is 0 Å². The van der Waals surface area contributed by atoms with Crippen LogP contribution in [0.25, 0.3) is 0 Å². The minimum Gasteiger partial charge on any atom is -0.478 e. The number of carboxylic acid groups (broad SMARTS) is 1. The van der Waals surface area contributed by atoms with Crippen LogP contribution in [0, 0.1) is 0 Å². The van der Waals surface area contributed by atoms with E-state index >= 15 is 0 Å². The minimum atomic E-state index is -1.04. The van der Waals surface area contributed by atoms with E-state index in [4.69, 9.17) is 5.11 Å². The maximum absolute atomic E-state index is 11.0. The molecule has 0 aromatic carbocycles. The van der Waals surface area contributed by atoms with E-state index in [9.17, 15) is 9.59 Å². The average molecular weight is 198 g/mol. The molecule has 0 aliphatic heterocycles. The van der Waals surface area contributed by atoms with Crippen molar-refractivity contribution in [2.45, 2.75) is 46.0 Å². The second-order valence-electron chi connectivity index (χ2n) is 3.37. The van der Waals surface area contributed by atoms with Gasteiger partial charge in [0.05, 0.1) is 0 Å². The number of carbonyl (C=O) groups is 2. The molecule has 0 saturated heterocycles.